The van der Waals surface area contributed by atoms with Crippen molar-refractivity contribution in [1.29, 1.82) is 0 Å². The number of nitrogens with zero attached hydrogens (tertiary/aromatic N) is 3. The highest BCUT2D eigenvalue weighted by atomic mass is 16.5. The van der Waals surface area contributed by atoms with E-state index in [1.807, 2.05) is 49.4 Å². The summed E-state index contributed by atoms with van der Waals surface area (Å²) in [6.45, 7) is 2.04. The minimum Gasteiger partial charge on any atom is -0.497 e. The molecule has 3 rings (SSSR count). The highest BCUT2D eigenvalue weighted by Crippen LogP contribution is 2.29. The number of aromatic amines is 1. The van der Waals surface area contributed by atoms with Crippen LogP contribution in [0.15, 0.2) is 42.5 Å². The monoisotopic (exact) mass is 381 g/mol. The highest BCUT2D eigenvalue weighted by Gasteiger charge is 2.27. The first-order chi connectivity index (χ1) is 13.7. The Labute approximate surface area is 163 Å². The smallest absolute Gasteiger partial charge is 0.235 e. The van der Waals surface area contributed by atoms with Gasteiger partial charge in [-0.3, -0.25) is 4.79 Å². The molecule has 0 aliphatic carbocycles. The second kappa shape index (κ2) is 8.98. The molecule has 0 saturated carbocycles. The SMILES string of the molecule is CCc1ccccc1NC(=O)C(Cc1cc(OC)ccc1OC)c1nn[nH]n1. The number of nitrogens with one attached hydrogen (secondary N) is 2. The predicted octanol–water partition coefficient (Wildman–Crippen LogP) is 2.74. The van der Waals surface area contributed by atoms with Crippen molar-refractivity contribution >= 4 is 11.6 Å². The van der Waals surface area contributed by atoms with Crippen LogP contribution in [0.5, 0.6) is 11.5 Å². The van der Waals surface area contributed by atoms with E-state index >= 15 is 0 Å². The first kappa shape index (κ1) is 19.3. The normalized spacial score (nSPS) is 11.7. The zero-order valence-corrected chi connectivity index (χ0v) is 16.1. The minimum atomic E-state index is -0.648. The fourth-order valence-corrected chi connectivity index (χ4v) is 3.05. The molecular formula is C20H23N5O3. The fraction of sp³-hybridized carbons (Fsp3) is 0.300. The molecule has 146 valence electrons. The van der Waals surface area contributed by atoms with Gasteiger partial charge in [-0.1, -0.05) is 30.3 Å². The van der Waals surface area contributed by atoms with Gasteiger partial charge in [0.2, 0.25) is 5.91 Å². The van der Waals surface area contributed by atoms with Crippen LogP contribution in [-0.4, -0.2) is 40.8 Å². The Kier molecular flexibility index (Phi) is 6.21. The number of anilines is 1. The number of hydrogen-bond acceptors (Lipinski definition) is 6. The molecule has 1 amide bonds. The average molecular weight is 381 g/mol. The summed E-state index contributed by atoms with van der Waals surface area (Å²) in [5.74, 6) is 0.795. The lowest BCUT2D eigenvalue weighted by molar-refractivity contribution is -0.117. The Hall–Kier alpha value is -3.42. The number of ether oxygens (including phenoxy) is 2. The van der Waals surface area contributed by atoms with Crippen LogP contribution in [0.2, 0.25) is 0 Å². The number of amides is 1. The number of rotatable bonds is 8. The van der Waals surface area contributed by atoms with Crippen LogP contribution in [0, 0.1) is 0 Å². The lowest BCUT2D eigenvalue weighted by Crippen LogP contribution is -2.25. The van der Waals surface area contributed by atoms with Gasteiger partial charge < -0.3 is 14.8 Å². The third kappa shape index (κ3) is 4.28. The van der Waals surface area contributed by atoms with Crippen molar-refractivity contribution < 1.29 is 14.3 Å². The number of carbonyl (C=O) groups is 1. The van der Waals surface area contributed by atoms with Crippen molar-refractivity contribution in [2.45, 2.75) is 25.7 Å². The highest BCUT2D eigenvalue weighted by molar-refractivity contribution is 5.96. The molecule has 1 unspecified atom stereocenters. The molecule has 1 atom stereocenters. The molecular weight excluding hydrogens is 358 g/mol. The van der Waals surface area contributed by atoms with Gasteiger partial charge in [0, 0.05) is 5.69 Å². The van der Waals surface area contributed by atoms with Crippen LogP contribution in [0.3, 0.4) is 0 Å². The Morgan fingerprint density at radius 3 is 2.64 bits per heavy atom. The quantitative estimate of drug-likeness (QED) is 0.622. The van der Waals surface area contributed by atoms with Gasteiger partial charge in [-0.25, -0.2) is 0 Å². The molecule has 0 radical (unpaired) electrons. The summed E-state index contributed by atoms with van der Waals surface area (Å²) in [6, 6.07) is 13.2. The topological polar surface area (TPSA) is 102 Å². The lowest BCUT2D eigenvalue weighted by Gasteiger charge is -2.17. The van der Waals surface area contributed by atoms with E-state index in [0.717, 1.165) is 23.2 Å². The molecule has 1 aromatic heterocycles. The van der Waals surface area contributed by atoms with Crippen molar-refractivity contribution in [2.75, 3.05) is 19.5 Å². The van der Waals surface area contributed by atoms with Crippen molar-refractivity contribution in [3.8, 4) is 11.5 Å². The largest absolute Gasteiger partial charge is 0.497 e. The van der Waals surface area contributed by atoms with Crippen LogP contribution in [-0.2, 0) is 17.6 Å². The maximum Gasteiger partial charge on any atom is 0.235 e. The van der Waals surface area contributed by atoms with Crippen molar-refractivity contribution in [3.63, 3.8) is 0 Å². The van der Waals surface area contributed by atoms with Crippen molar-refractivity contribution in [3.05, 3.63) is 59.4 Å². The molecule has 8 heteroatoms. The summed E-state index contributed by atoms with van der Waals surface area (Å²) in [5, 5.41) is 17.1. The van der Waals surface area contributed by atoms with Gasteiger partial charge in [-0.05, 0) is 48.2 Å². The van der Waals surface area contributed by atoms with Crippen LogP contribution < -0.4 is 14.8 Å². The van der Waals surface area contributed by atoms with Crippen LogP contribution >= 0.6 is 0 Å². The number of aryl methyl sites for hydroxylation is 1. The van der Waals surface area contributed by atoms with Gasteiger partial charge in [-0.15, -0.1) is 10.2 Å². The molecule has 3 aromatic rings. The number of H-pyrrole nitrogens is 1. The van der Waals surface area contributed by atoms with E-state index in [9.17, 15) is 4.79 Å². The van der Waals surface area contributed by atoms with Crippen LogP contribution in [0.4, 0.5) is 5.69 Å². The number of para-hydroxylation sites is 1. The summed E-state index contributed by atoms with van der Waals surface area (Å²) in [5.41, 5.74) is 2.65. The summed E-state index contributed by atoms with van der Waals surface area (Å²) < 4.78 is 10.8. The van der Waals surface area contributed by atoms with Crippen molar-refractivity contribution in [1.82, 2.24) is 20.6 Å². The zero-order chi connectivity index (χ0) is 19.9. The number of tetrazole rings is 1. The zero-order valence-electron chi connectivity index (χ0n) is 16.1. The number of aromatic nitrogens is 4. The summed E-state index contributed by atoms with van der Waals surface area (Å²) in [6.07, 6.45) is 1.15. The van der Waals surface area contributed by atoms with Gasteiger partial charge in [0.15, 0.2) is 5.82 Å². The minimum absolute atomic E-state index is 0.216. The van der Waals surface area contributed by atoms with Gasteiger partial charge in [-0.2, -0.15) is 5.21 Å². The molecule has 8 nitrogen and oxygen atoms in total. The average Bonchev–Trinajstić information content (AvgIpc) is 3.26. The van der Waals surface area contributed by atoms with E-state index in [-0.39, 0.29) is 5.91 Å². The summed E-state index contributed by atoms with van der Waals surface area (Å²) >= 11 is 0. The summed E-state index contributed by atoms with van der Waals surface area (Å²) in [4.78, 5) is 13.1. The number of benzene rings is 2. The van der Waals surface area contributed by atoms with Gasteiger partial charge >= 0.3 is 0 Å². The predicted molar refractivity (Wildman–Crippen MR) is 105 cm³/mol. The summed E-state index contributed by atoms with van der Waals surface area (Å²) in [7, 11) is 3.18. The van der Waals surface area contributed by atoms with Crippen LogP contribution in [0.25, 0.3) is 0 Å². The van der Waals surface area contributed by atoms with E-state index in [1.54, 1.807) is 14.2 Å². The van der Waals surface area contributed by atoms with E-state index < -0.39 is 5.92 Å². The second-order valence-corrected chi connectivity index (χ2v) is 6.20. The molecule has 28 heavy (non-hydrogen) atoms. The first-order valence-electron chi connectivity index (χ1n) is 8.99. The Morgan fingerprint density at radius 2 is 1.96 bits per heavy atom. The maximum absolute atomic E-state index is 13.1. The Balaban J connectivity index is 1.91. The molecule has 0 aliphatic heterocycles. The number of methoxy groups -OCH3 is 2. The Morgan fingerprint density at radius 1 is 1.14 bits per heavy atom. The van der Waals surface area contributed by atoms with E-state index in [0.29, 0.717) is 23.7 Å². The van der Waals surface area contributed by atoms with E-state index in [2.05, 4.69) is 25.9 Å². The first-order valence-corrected chi connectivity index (χ1v) is 8.99. The molecule has 2 aromatic carbocycles. The molecule has 0 bridgehead atoms. The van der Waals surface area contributed by atoms with Gasteiger partial charge in [0.1, 0.15) is 17.4 Å². The third-order valence-corrected chi connectivity index (χ3v) is 4.56. The molecule has 2 N–H and O–H groups in total. The molecule has 0 aliphatic rings. The van der Waals surface area contributed by atoms with Crippen LogP contribution in [0.1, 0.15) is 29.8 Å². The molecule has 1 heterocycles. The van der Waals surface area contributed by atoms with E-state index in [4.69, 9.17) is 9.47 Å². The number of carbonyl (C=O) groups excluding carboxylic acids is 1. The Bertz CT molecular complexity index is 927. The fourth-order valence-electron chi connectivity index (χ4n) is 3.05. The van der Waals surface area contributed by atoms with Gasteiger partial charge in [0.05, 0.1) is 14.2 Å². The van der Waals surface area contributed by atoms with E-state index in [1.165, 1.54) is 0 Å². The third-order valence-electron chi connectivity index (χ3n) is 4.56. The van der Waals surface area contributed by atoms with Crippen molar-refractivity contribution in [2.24, 2.45) is 0 Å². The number of hydrogen-bond donors (Lipinski definition) is 2. The molecule has 0 saturated heterocycles. The molecule has 0 spiro atoms. The lowest BCUT2D eigenvalue weighted by atomic mass is 9.96. The molecule has 0 fully saturated rings. The maximum atomic E-state index is 13.1. The second-order valence-electron chi connectivity index (χ2n) is 6.20. The van der Waals surface area contributed by atoms with Gasteiger partial charge in [0.25, 0.3) is 0 Å². The standard InChI is InChI=1S/C20H23N5O3/c1-4-13-7-5-6-8-17(13)21-20(26)16(19-22-24-25-23-19)12-14-11-15(27-2)9-10-18(14)28-3/h5-11,16H,4,12H2,1-3H3,(H,21,26)(H,22,23,24,25).